The molecule has 0 spiro atoms. The van der Waals surface area contributed by atoms with E-state index in [1.807, 2.05) is 72.8 Å². The number of carbonyl (C=O) groups excluding carboxylic acids is 1. The van der Waals surface area contributed by atoms with Crippen LogP contribution in [0.5, 0.6) is 0 Å². The molecule has 0 fully saturated rings. The third kappa shape index (κ3) is 5.48. The number of amides is 1. The number of hydrogen-bond donors (Lipinski definition) is 2. The number of rotatable bonds is 8. The molecule has 0 aliphatic heterocycles. The van der Waals surface area contributed by atoms with E-state index in [-0.39, 0.29) is 4.90 Å². The highest BCUT2D eigenvalue weighted by molar-refractivity contribution is 7.90. The average Bonchev–Trinajstić information content (AvgIpc) is 2.83. The molecule has 0 radical (unpaired) electrons. The van der Waals surface area contributed by atoms with E-state index in [1.165, 1.54) is 12.1 Å². The summed E-state index contributed by atoms with van der Waals surface area (Å²) < 4.78 is 28.2. The zero-order valence-corrected chi connectivity index (χ0v) is 19.0. The van der Waals surface area contributed by atoms with Crippen LogP contribution in [-0.4, -0.2) is 20.9 Å². The molecule has 4 rings (SSSR count). The molecule has 3 N–H and O–H groups in total. The van der Waals surface area contributed by atoms with Gasteiger partial charge in [0.15, 0.2) is 0 Å². The molecule has 0 heterocycles. The fourth-order valence-corrected chi connectivity index (χ4v) is 4.92. The van der Waals surface area contributed by atoms with Gasteiger partial charge in [-0.1, -0.05) is 84.9 Å². The summed E-state index contributed by atoms with van der Waals surface area (Å²) in [6.45, 7) is 0.482. The molecule has 33 heavy (non-hydrogen) atoms. The molecule has 0 bridgehead atoms. The molecule has 1 atom stereocenters. The summed E-state index contributed by atoms with van der Waals surface area (Å²) in [6, 6.07) is 29.7. The first-order chi connectivity index (χ1) is 16.0. The Morgan fingerprint density at radius 1 is 0.788 bits per heavy atom. The highest BCUT2D eigenvalue weighted by Gasteiger charge is 2.26. The number of benzene rings is 4. The average molecular weight is 459 g/mol. The molecule has 4 aromatic rings. The van der Waals surface area contributed by atoms with Crippen LogP contribution in [-0.2, 0) is 27.7 Å². The normalized spacial score (nSPS) is 12.4. The monoisotopic (exact) mass is 458 g/mol. The lowest BCUT2D eigenvalue weighted by Crippen LogP contribution is -2.35. The zero-order valence-electron chi connectivity index (χ0n) is 18.1. The van der Waals surface area contributed by atoms with Gasteiger partial charge in [-0.3, -0.25) is 4.79 Å². The molecular formula is C27H26N2O3S. The minimum absolute atomic E-state index is 0.0496. The van der Waals surface area contributed by atoms with Gasteiger partial charge in [-0.15, -0.1) is 0 Å². The predicted octanol–water partition coefficient (Wildman–Crippen LogP) is 4.17. The van der Waals surface area contributed by atoms with Gasteiger partial charge >= 0.3 is 0 Å². The molecule has 0 aliphatic rings. The Morgan fingerprint density at radius 3 is 2.15 bits per heavy atom. The van der Waals surface area contributed by atoms with Gasteiger partial charge in [-0.05, 0) is 59.0 Å². The summed E-state index contributed by atoms with van der Waals surface area (Å²) in [5.41, 5.74) is 8.23. The molecule has 0 saturated carbocycles. The highest BCUT2D eigenvalue weighted by Crippen LogP contribution is 2.26. The summed E-state index contributed by atoms with van der Waals surface area (Å²) in [5, 5.41) is 2.06. The molecule has 4 aromatic carbocycles. The Hall–Kier alpha value is -3.48. The van der Waals surface area contributed by atoms with E-state index < -0.39 is 21.8 Å². The van der Waals surface area contributed by atoms with Crippen LogP contribution in [0.4, 0.5) is 0 Å². The molecule has 1 unspecified atom stereocenters. The summed E-state index contributed by atoms with van der Waals surface area (Å²) >= 11 is 0. The number of nitrogens with two attached hydrogens (primary N) is 1. The van der Waals surface area contributed by atoms with Crippen molar-refractivity contribution in [1.29, 1.82) is 0 Å². The number of nitrogens with one attached hydrogen (secondary N) is 1. The summed E-state index contributed by atoms with van der Waals surface area (Å²) in [5.74, 6) is -1.22. The van der Waals surface area contributed by atoms with Gasteiger partial charge in [-0.25, -0.2) is 13.1 Å². The van der Waals surface area contributed by atoms with Gasteiger partial charge in [0.1, 0.15) is 0 Å². The molecule has 168 valence electrons. The lowest BCUT2D eigenvalue weighted by atomic mass is 9.90. The molecular weight excluding hydrogens is 432 g/mol. The predicted molar refractivity (Wildman–Crippen MR) is 131 cm³/mol. The molecule has 5 nitrogen and oxygen atoms in total. The van der Waals surface area contributed by atoms with E-state index in [0.29, 0.717) is 19.4 Å². The Labute approximate surface area is 194 Å². The topological polar surface area (TPSA) is 89.3 Å². The first kappa shape index (κ1) is 22.7. The maximum Gasteiger partial charge on any atom is 0.264 e. The van der Waals surface area contributed by atoms with Crippen LogP contribution < -0.4 is 10.5 Å². The van der Waals surface area contributed by atoms with Gasteiger partial charge in [0, 0.05) is 0 Å². The molecule has 6 heteroatoms. The van der Waals surface area contributed by atoms with Crippen molar-refractivity contribution in [2.45, 2.75) is 23.7 Å². The van der Waals surface area contributed by atoms with Crippen LogP contribution in [0.15, 0.2) is 102 Å². The van der Waals surface area contributed by atoms with Crippen LogP contribution in [0.25, 0.3) is 10.8 Å². The lowest BCUT2D eigenvalue weighted by Gasteiger charge is -2.18. The van der Waals surface area contributed by atoms with Gasteiger partial charge in [0.25, 0.3) is 10.0 Å². The second kappa shape index (κ2) is 9.98. The quantitative estimate of drug-likeness (QED) is 0.415. The van der Waals surface area contributed by atoms with E-state index in [1.54, 1.807) is 12.1 Å². The first-order valence-corrected chi connectivity index (χ1v) is 12.3. The minimum atomic E-state index is -4.01. The van der Waals surface area contributed by atoms with Gasteiger partial charge < -0.3 is 5.73 Å². The van der Waals surface area contributed by atoms with Crippen molar-refractivity contribution in [2.24, 2.45) is 5.73 Å². The number of carbonyl (C=O) groups is 1. The first-order valence-electron chi connectivity index (χ1n) is 10.8. The van der Waals surface area contributed by atoms with Crippen molar-refractivity contribution in [3.05, 3.63) is 114 Å². The Bertz CT molecular complexity index is 1350. The van der Waals surface area contributed by atoms with Crippen molar-refractivity contribution < 1.29 is 13.2 Å². The van der Waals surface area contributed by atoms with Crippen LogP contribution >= 0.6 is 0 Å². The zero-order chi connectivity index (χ0) is 23.3. The van der Waals surface area contributed by atoms with Crippen molar-refractivity contribution >= 4 is 26.7 Å². The van der Waals surface area contributed by atoms with Gasteiger partial charge in [-0.2, -0.15) is 0 Å². The largest absolute Gasteiger partial charge is 0.330 e. The fourth-order valence-electron chi connectivity index (χ4n) is 3.90. The van der Waals surface area contributed by atoms with Gasteiger partial charge in [0.2, 0.25) is 5.91 Å². The summed E-state index contributed by atoms with van der Waals surface area (Å²) in [6.07, 6.45) is 1.05. The molecule has 0 aromatic heterocycles. The van der Waals surface area contributed by atoms with Crippen molar-refractivity contribution in [2.75, 3.05) is 6.54 Å². The molecule has 0 saturated heterocycles. The van der Waals surface area contributed by atoms with Crippen molar-refractivity contribution in [3.63, 3.8) is 0 Å². The van der Waals surface area contributed by atoms with Crippen LogP contribution in [0.1, 0.15) is 22.6 Å². The Balaban J connectivity index is 1.64. The molecule has 0 aliphatic carbocycles. The van der Waals surface area contributed by atoms with Crippen molar-refractivity contribution in [3.8, 4) is 0 Å². The van der Waals surface area contributed by atoms with E-state index in [9.17, 15) is 13.2 Å². The van der Waals surface area contributed by atoms with Gasteiger partial charge in [0.05, 0.1) is 10.8 Å². The standard InChI is InChI=1S/C27H26N2O3S/c28-17-16-20-10-14-25(15-11-20)33(31,32)29-27(30)26(18-21-6-2-1-3-7-21)24-13-12-22-8-4-5-9-23(22)19-24/h1-15,19,26H,16-18,28H2,(H,29,30). The minimum Gasteiger partial charge on any atom is -0.330 e. The smallest absolute Gasteiger partial charge is 0.264 e. The van der Waals surface area contributed by atoms with Crippen LogP contribution in [0.2, 0.25) is 0 Å². The third-order valence-electron chi connectivity index (χ3n) is 5.68. The Morgan fingerprint density at radius 2 is 1.45 bits per heavy atom. The van der Waals surface area contributed by atoms with Crippen molar-refractivity contribution in [1.82, 2.24) is 4.72 Å². The number of fused-ring (bicyclic) bond motifs is 1. The van der Waals surface area contributed by atoms with E-state index in [4.69, 9.17) is 5.73 Å². The molecule has 1 amide bonds. The van der Waals surface area contributed by atoms with E-state index >= 15 is 0 Å². The maximum absolute atomic E-state index is 13.3. The van der Waals surface area contributed by atoms with E-state index in [0.717, 1.165) is 27.5 Å². The van der Waals surface area contributed by atoms with Crippen LogP contribution in [0.3, 0.4) is 0 Å². The summed E-state index contributed by atoms with van der Waals surface area (Å²) in [7, 11) is -4.01. The lowest BCUT2D eigenvalue weighted by molar-refractivity contribution is -0.120. The maximum atomic E-state index is 13.3. The number of hydrogen-bond acceptors (Lipinski definition) is 4. The Kier molecular flexibility index (Phi) is 6.87. The second-order valence-electron chi connectivity index (χ2n) is 8.00. The fraction of sp³-hybridized carbons (Fsp3) is 0.148. The highest BCUT2D eigenvalue weighted by atomic mass is 32.2. The summed E-state index contributed by atoms with van der Waals surface area (Å²) in [4.78, 5) is 13.4. The van der Waals surface area contributed by atoms with Crippen LogP contribution in [0, 0.1) is 0 Å². The number of sulfonamides is 1. The third-order valence-corrected chi connectivity index (χ3v) is 7.04. The second-order valence-corrected chi connectivity index (χ2v) is 9.68. The van der Waals surface area contributed by atoms with E-state index in [2.05, 4.69) is 4.72 Å². The SMILES string of the molecule is NCCc1ccc(S(=O)(=O)NC(=O)C(Cc2ccccc2)c2ccc3ccccc3c2)cc1.